The quantitative estimate of drug-likeness (QED) is 0.186. The van der Waals surface area contributed by atoms with Gasteiger partial charge < -0.3 is 38.2 Å². The zero-order valence-electron chi connectivity index (χ0n) is 35.9. The number of ether oxygens (including phenoxy) is 6. The average Bonchev–Trinajstić information content (AvgIpc) is 3.82. The number of amides is 1. The van der Waals surface area contributed by atoms with Gasteiger partial charge in [-0.1, -0.05) is 60.7 Å². The van der Waals surface area contributed by atoms with Crippen molar-refractivity contribution in [2.24, 2.45) is 11.8 Å². The molecule has 0 N–H and O–H groups in total. The van der Waals surface area contributed by atoms with Crippen molar-refractivity contribution in [3.05, 3.63) is 142 Å². The van der Waals surface area contributed by atoms with Crippen LogP contribution < -0.4 is 18.9 Å². The highest BCUT2D eigenvalue weighted by Gasteiger charge is 2.66. The lowest BCUT2D eigenvalue weighted by molar-refractivity contribution is -0.0270. The number of allylic oxidation sites excluding steroid dienone is 2. The van der Waals surface area contributed by atoms with Crippen molar-refractivity contribution >= 4 is 23.1 Å². The molecule has 12 rings (SSSR count). The van der Waals surface area contributed by atoms with E-state index >= 15 is 0 Å². The molecule has 4 heterocycles. The number of likely N-dealkylation sites (tertiary alicyclic amines) is 2. The molecule has 8 aliphatic rings. The molecule has 10 nitrogen and oxygen atoms in total. The zero-order valence-corrected chi connectivity index (χ0v) is 36.7. The van der Waals surface area contributed by atoms with E-state index in [1.807, 2.05) is 41.3 Å². The minimum atomic E-state index is -0.814. The van der Waals surface area contributed by atoms with Crippen LogP contribution in [0.4, 0.5) is 9.59 Å². The van der Waals surface area contributed by atoms with Gasteiger partial charge in [0.25, 0.3) is 0 Å². The van der Waals surface area contributed by atoms with Crippen LogP contribution in [-0.2, 0) is 33.1 Å². The predicted octanol–water partition coefficient (Wildman–Crippen LogP) is 9.60. The number of methoxy groups -OCH3 is 2. The third-order valence-corrected chi connectivity index (χ3v) is 15.3. The smallest absolute Gasteiger partial charge is 0.415 e. The van der Waals surface area contributed by atoms with Gasteiger partial charge in [-0.15, -0.1) is 0 Å². The van der Waals surface area contributed by atoms with Crippen molar-refractivity contribution in [3.63, 3.8) is 0 Å². The summed E-state index contributed by atoms with van der Waals surface area (Å²) in [6.07, 6.45) is 10.2. The number of hydrogen-bond acceptors (Lipinski definition) is 9. The lowest BCUT2D eigenvalue weighted by atomic mass is 9.53. The summed E-state index contributed by atoms with van der Waals surface area (Å²) >= 11 is 4.95. The van der Waals surface area contributed by atoms with Crippen LogP contribution in [0.1, 0.15) is 59.1 Å². The Bertz CT molecular complexity index is 2470. The summed E-state index contributed by atoms with van der Waals surface area (Å²) in [5, 5.41) is 0. The molecule has 8 atom stereocenters. The van der Waals surface area contributed by atoms with Crippen molar-refractivity contribution in [3.8, 4) is 23.0 Å². The molecule has 62 heavy (non-hydrogen) atoms. The molecule has 2 spiro atoms. The van der Waals surface area contributed by atoms with E-state index in [0.717, 1.165) is 61.7 Å². The Balaban J connectivity index is 0.000000125. The molecule has 1 amide bonds. The molecule has 4 aliphatic carbocycles. The summed E-state index contributed by atoms with van der Waals surface area (Å²) in [4.78, 5) is 27.8. The largest absolute Gasteiger partial charge is 0.497 e. The second-order valence-electron chi connectivity index (χ2n) is 17.9. The first-order chi connectivity index (χ1) is 30.1. The predicted molar refractivity (Wildman–Crippen MR) is 235 cm³/mol. The first-order valence-corrected chi connectivity index (χ1v) is 22.2. The van der Waals surface area contributed by atoms with Gasteiger partial charge in [0.2, 0.25) is 0 Å². The molecule has 11 heteroatoms. The minimum Gasteiger partial charge on any atom is -0.497 e. The van der Waals surface area contributed by atoms with Crippen molar-refractivity contribution in [1.82, 2.24) is 9.80 Å². The van der Waals surface area contributed by atoms with Crippen LogP contribution in [0.2, 0.25) is 0 Å². The number of rotatable bonds is 4. The van der Waals surface area contributed by atoms with Crippen LogP contribution in [0.15, 0.2) is 109 Å². The standard InChI is InChI=1S/C25H25NO4.C19H23NO2.C7H5ClO2/c1-15-8-9-16-14-19-18-10-11-20(28-2)23-25(18,21(16)22(15)30-23)12-13-26(19)24(27)29-17-6-4-3-5-7-17;1-11-4-5-12-10-14-13-6-7-15(21-3)18-19(13,8-9-20(14)2)16(12)17(11)22-18;8-7(9)10-6-4-2-1-3-5-6/h3-9,11,18-19,23H,10,12-14H2,1-2H3;4-5,7,13-14,18H,6,8-10H2,1-3H3;1-5H/t18-,19?,23-,25-;13-,14?,18-,19-;/m11./s1. The van der Waals surface area contributed by atoms with Crippen LogP contribution in [0.5, 0.6) is 23.0 Å². The number of benzene rings is 4. The van der Waals surface area contributed by atoms with E-state index in [2.05, 4.69) is 66.9 Å². The zero-order chi connectivity index (χ0) is 42.9. The molecular weight excluding hydrogens is 804 g/mol. The monoisotopic (exact) mass is 856 g/mol. The highest BCUT2D eigenvalue weighted by molar-refractivity contribution is 6.61. The molecule has 2 saturated heterocycles. The number of carbonyl (C=O) groups is 2. The van der Waals surface area contributed by atoms with Gasteiger partial charge in [-0.3, -0.25) is 0 Å². The normalized spacial score (nSPS) is 29.5. The van der Waals surface area contributed by atoms with E-state index in [0.29, 0.717) is 35.9 Å². The maximum Gasteiger partial charge on any atom is 0.415 e. The summed E-state index contributed by atoms with van der Waals surface area (Å²) in [6.45, 7) is 6.12. The third kappa shape index (κ3) is 6.22. The van der Waals surface area contributed by atoms with Crippen LogP contribution in [0.25, 0.3) is 0 Å². The maximum absolute atomic E-state index is 13.2. The summed E-state index contributed by atoms with van der Waals surface area (Å²) in [5.41, 5.74) is 7.36. The van der Waals surface area contributed by atoms with E-state index in [9.17, 15) is 9.59 Å². The number of aryl methyl sites for hydroxylation is 2. The maximum atomic E-state index is 13.2. The number of para-hydroxylation sites is 2. The molecule has 0 saturated carbocycles. The molecule has 0 aromatic heterocycles. The van der Waals surface area contributed by atoms with E-state index in [1.165, 1.54) is 39.8 Å². The van der Waals surface area contributed by atoms with Crippen LogP contribution in [-0.4, -0.2) is 80.0 Å². The van der Waals surface area contributed by atoms with Crippen molar-refractivity contribution < 1.29 is 38.0 Å². The Labute approximate surface area is 368 Å². The van der Waals surface area contributed by atoms with Crippen molar-refractivity contribution in [2.45, 2.75) is 87.5 Å². The lowest BCUT2D eigenvalue weighted by Crippen LogP contribution is -2.65. The highest BCUT2D eigenvalue weighted by Crippen LogP contribution is 2.64. The summed E-state index contributed by atoms with van der Waals surface area (Å²) < 4.78 is 34.9. The Kier molecular flexibility index (Phi) is 10.3. The SMILES string of the molecule is COC1=CC[C@@H]2C3Cc4ccc(C)c5c4[C@]2(CCN3C(=O)Oc2ccccc2)[C@@H]1O5.COC1=CC[C@@H]2C3Cc4ccc(C)c5c4[C@]2(CCN3C)[C@@H]1O5.O=C(Cl)Oc1ccccc1. The van der Waals surface area contributed by atoms with Gasteiger partial charge in [-0.25, -0.2) is 9.59 Å². The Hall–Kier alpha value is -5.45. The average molecular weight is 857 g/mol. The summed E-state index contributed by atoms with van der Waals surface area (Å²) in [5.74, 6) is 6.16. The van der Waals surface area contributed by atoms with E-state index < -0.39 is 5.43 Å². The van der Waals surface area contributed by atoms with Gasteiger partial charge in [0.1, 0.15) is 34.5 Å². The van der Waals surface area contributed by atoms with Gasteiger partial charge in [0.05, 0.1) is 19.6 Å². The molecule has 2 unspecified atom stereocenters. The van der Waals surface area contributed by atoms with Crippen molar-refractivity contribution in [1.29, 1.82) is 0 Å². The summed E-state index contributed by atoms with van der Waals surface area (Å²) in [7, 11) is 5.81. The number of piperidine rings is 2. The first kappa shape index (κ1) is 40.6. The van der Waals surface area contributed by atoms with E-state index in [-0.39, 0.29) is 35.2 Å². The Morgan fingerprint density at radius 3 is 1.66 bits per heavy atom. The molecule has 322 valence electrons. The Morgan fingerprint density at radius 2 is 1.15 bits per heavy atom. The van der Waals surface area contributed by atoms with Gasteiger partial charge in [0.15, 0.2) is 12.2 Å². The van der Waals surface area contributed by atoms with Gasteiger partial charge >= 0.3 is 11.5 Å². The van der Waals surface area contributed by atoms with Gasteiger partial charge in [-0.2, -0.15) is 0 Å². The molecule has 0 radical (unpaired) electrons. The molecule has 4 bridgehead atoms. The Morgan fingerprint density at radius 1 is 0.661 bits per heavy atom. The number of carbonyl (C=O) groups excluding carboxylic acids is 2. The van der Waals surface area contributed by atoms with Gasteiger partial charge in [-0.05, 0) is 136 Å². The fraction of sp³-hybridized carbons (Fsp3) is 0.412. The number of likely N-dealkylation sites (N-methyl/N-ethyl adjacent to an activating group) is 1. The fourth-order valence-corrected chi connectivity index (χ4v) is 12.7. The summed E-state index contributed by atoms with van der Waals surface area (Å²) in [6, 6.07) is 27.6. The van der Waals surface area contributed by atoms with Crippen LogP contribution >= 0.6 is 11.6 Å². The number of hydrogen-bond donors (Lipinski definition) is 0. The van der Waals surface area contributed by atoms with E-state index in [1.54, 1.807) is 38.5 Å². The van der Waals surface area contributed by atoms with Crippen molar-refractivity contribution in [2.75, 3.05) is 34.4 Å². The molecule has 4 aliphatic heterocycles. The molecule has 2 fully saturated rings. The molecule has 4 aromatic carbocycles. The number of halogens is 1. The second kappa shape index (κ2) is 15.7. The van der Waals surface area contributed by atoms with E-state index in [4.69, 9.17) is 35.3 Å². The van der Waals surface area contributed by atoms with Crippen LogP contribution in [0.3, 0.4) is 0 Å². The molecule has 4 aromatic rings. The lowest BCUT2D eigenvalue weighted by Gasteiger charge is -2.56. The molecular formula is C51H53ClN2O8. The topological polar surface area (TPSA) is 96.0 Å². The third-order valence-electron chi connectivity index (χ3n) is 15.2. The first-order valence-electron chi connectivity index (χ1n) is 21.8. The number of nitrogens with zero attached hydrogens (tertiary/aromatic N) is 2. The van der Waals surface area contributed by atoms with Gasteiger partial charge in [0, 0.05) is 46.8 Å². The fourth-order valence-electron chi connectivity index (χ4n) is 12.6. The second-order valence-corrected chi connectivity index (χ2v) is 18.2. The highest BCUT2D eigenvalue weighted by atomic mass is 35.5. The van der Waals surface area contributed by atoms with Crippen LogP contribution in [0, 0.1) is 25.7 Å². The minimum absolute atomic E-state index is 0.0857.